The third-order valence-corrected chi connectivity index (χ3v) is 16.9. The van der Waals surface area contributed by atoms with Gasteiger partial charge in [-0.15, -0.1) is 0 Å². The minimum atomic E-state index is -0.594. The number of hydrogen-bond acceptors (Lipinski definition) is 5. The van der Waals surface area contributed by atoms with E-state index < -0.39 is 28.5 Å². The van der Waals surface area contributed by atoms with E-state index in [4.69, 9.17) is 9.47 Å². The molecule has 6 saturated carbocycles. The van der Waals surface area contributed by atoms with E-state index in [9.17, 15) is 19.5 Å². The number of allylic oxidation sites excluding steroid dienone is 1. The van der Waals surface area contributed by atoms with Crippen LogP contribution in [-0.4, -0.2) is 40.9 Å². The Labute approximate surface area is 296 Å². The highest BCUT2D eigenvalue weighted by molar-refractivity contribution is 5.77. The summed E-state index contributed by atoms with van der Waals surface area (Å²) in [4.78, 5) is 39.3. The molecule has 7 heteroatoms. The third-order valence-electron chi connectivity index (χ3n) is 16.9. The van der Waals surface area contributed by atoms with Gasteiger partial charge in [0, 0.05) is 11.5 Å². The highest BCUT2D eigenvalue weighted by atomic mass is 16.6. The van der Waals surface area contributed by atoms with Crippen LogP contribution in [0.15, 0.2) is 12.2 Å². The standard InChI is InChI=1S/C42H67NO6/c1-24(2)25-15-20-42(34(45)46)22-21-40(11)26(32(25)42)13-14-29-39(10)18-17-31(38(8,9)28(39)16-19-41(29,40)12)48-33(44)27-23-30(37(27,6)7)43-35(47)49-36(3,4)5/h25-32H,1,13-23H2,2-12H3,(H,43,47)(H,45,46). The van der Waals surface area contributed by atoms with Gasteiger partial charge in [0.05, 0.1) is 11.3 Å². The Balaban J connectivity index is 1.18. The van der Waals surface area contributed by atoms with Crippen molar-refractivity contribution in [3.05, 3.63) is 12.2 Å². The molecule has 49 heavy (non-hydrogen) atoms. The number of esters is 1. The maximum atomic E-state index is 13.8. The first-order chi connectivity index (χ1) is 22.5. The number of alkyl carbamates (subject to hydrolysis) is 1. The molecule has 0 radical (unpaired) electrons. The van der Waals surface area contributed by atoms with Gasteiger partial charge in [-0.3, -0.25) is 9.59 Å². The van der Waals surface area contributed by atoms with Crippen molar-refractivity contribution < 1.29 is 29.0 Å². The number of carboxylic acids is 1. The summed E-state index contributed by atoms with van der Waals surface area (Å²) in [5, 5.41) is 13.7. The lowest BCUT2D eigenvalue weighted by Gasteiger charge is -2.72. The summed E-state index contributed by atoms with van der Waals surface area (Å²) in [6.07, 6.45) is 9.99. The van der Waals surface area contributed by atoms with Crippen LogP contribution in [0.25, 0.3) is 0 Å². The number of carboxylic acid groups (broad SMARTS) is 1. The van der Waals surface area contributed by atoms with Gasteiger partial charge >= 0.3 is 18.0 Å². The molecule has 1 amide bonds. The molecule has 2 N–H and O–H groups in total. The van der Waals surface area contributed by atoms with Crippen molar-refractivity contribution in [2.75, 3.05) is 0 Å². The second-order valence-corrected chi connectivity index (χ2v) is 20.7. The first-order valence-corrected chi connectivity index (χ1v) is 19.5. The minimum Gasteiger partial charge on any atom is -0.481 e. The fourth-order valence-electron chi connectivity index (χ4n) is 13.9. The van der Waals surface area contributed by atoms with E-state index in [-0.39, 0.29) is 51.6 Å². The first kappa shape index (κ1) is 36.7. The van der Waals surface area contributed by atoms with Crippen molar-refractivity contribution in [2.45, 2.75) is 165 Å². The molecule has 0 heterocycles. The Morgan fingerprint density at radius 3 is 2.06 bits per heavy atom. The van der Waals surface area contributed by atoms with Crippen LogP contribution in [0.3, 0.4) is 0 Å². The Kier molecular flexibility index (Phi) is 8.60. The largest absolute Gasteiger partial charge is 0.481 e. The van der Waals surface area contributed by atoms with Gasteiger partial charge in [0.1, 0.15) is 11.7 Å². The smallest absolute Gasteiger partial charge is 0.407 e. The Bertz CT molecular complexity index is 1390. The highest BCUT2D eigenvalue weighted by Crippen LogP contribution is 2.77. The van der Waals surface area contributed by atoms with Crippen LogP contribution in [0.4, 0.5) is 4.79 Å². The maximum Gasteiger partial charge on any atom is 0.407 e. The molecule has 6 aliphatic carbocycles. The molecule has 6 aliphatic rings. The zero-order valence-electron chi connectivity index (χ0n) is 32.6. The fraction of sp³-hybridized carbons (Fsp3) is 0.881. The van der Waals surface area contributed by atoms with Gasteiger partial charge in [-0.2, -0.15) is 0 Å². The lowest BCUT2D eigenvalue weighted by molar-refractivity contribution is -0.251. The number of fused-ring (bicyclic) bond motifs is 7. The second kappa shape index (κ2) is 11.5. The average Bonchev–Trinajstić information content (AvgIpc) is 3.37. The van der Waals surface area contributed by atoms with Crippen molar-refractivity contribution in [3.63, 3.8) is 0 Å². The number of amides is 1. The summed E-state index contributed by atoms with van der Waals surface area (Å²) in [5.41, 5.74) is -0.196. The molecule has 6 fully saturated rings. The van der Waals surface area contributed by atoms with Crippen molar-refractivity contribution >= 4 is 18.0 Å². The molecule has 0 saturated heterocycles. The molecule has 0 aromatic rings. The lowest BCUT2D eigenvalue weighted by atomic mass is 9.32. The summed E-state index contributed by atoms with van der Waals surface area (Å²) in [6, 6.07) is -0.134. The molecular weight excluding hydrogens is 614 g/mol. The molecule has 0 aromatic carbocycles. The zero-order valence-corrected chi connectivity index (χ0v) is 32.6. The van der Waals surface area contributed by atoms with E-state index >= 15 is 0 Å². The molecule has 12 atom stereocenters. The van der Waals surface area contributed by atoms with Crippen molar-refractivity contribution in [3.8, 4) is 0 Å². The van der Waals surface area contributed by atoms with Gasteiger partial charge < -0.3 is 19.9 Å². The summed E-state index contributed by atoms with van der Waals surface area (Å²) in [6.45, 7) is 28.6. The van der Waals surface area contributed by atoms with Gasteiger partial charge in [-0.25, -0.2) is 4.79 Å². The van der Waals surface area contributed by atoms with E-state index in [0.717, 1.165) is 64.2 Å². The predicted molar refractivity (Wildman–Crippen MR) is 192 cm³/mol. The van der Waals surface area contributed by atoms with Gasteiger partial charge in [0.15, 0.2) is 0 Å². The van der Waals surface area contributed by atoms with Gasteiger partial charge in [0.2, 0.25) is 0 Å². The molecule has 0 aromatic heterocycles. The van der Waals surface area contributed by atoms with E-state index in [1.165, 1.54) is 5.57 Å². The topological polar surface area (TPSA) is 102 Å². The van der Waals surface area contributed by atoms with Crippen LogP contribution in [0.2, 0.25) is 0 Å². The Hall–Kier alpha value is -2.05. The van der Waals surface area contributed by atoms with Crippen LogP contribution in [-0.2, 0) is 19.1 Å². The molecule has 0 bridgehead atoms. The number of hydrogen-bond donors (Lipinski definition) is 2. The molecule has 0 aliphatic heterocycles. The maximum absolute atomic E-state index is 13.8. The van der Waals surface area contributed by atoms with Crippen molar-refractivity contribution in [1.29, 1.82) is 0 Å². The van der Waals surface area contributed by atoms with Crippen LogP contribution in [0.5, 0.6) is 0 Å². The van der Waals surface area contributed by atoms with Gasteiger partial charge in [0.25, 0.3) is 0 Å². The van der Waals surface area contributed by atoms with E-state index in [1.807, 2.05) is 34.6 Å². The molecule has 0 spiro atoms. The summed E-state index contributed by atoms with van der Waals surface area (Å²) in [5.74, 6) is 0.945. The molecule has 276 valence electrons. The van der Waals surface area contributed by atoms with Crippen LogP contribution in [0.1, 0.15) is 147 Å². The molecule has 12 unspecified atom stereocenters. The number of carbonyl (C=O) groups is 3. The van der Waals surface area contributed by atoms with Crippen LogP contribution < -0.4 is 5.32 Å². The van der Waals surface area contributed by atoms with E-state index in [2.05, 4.69) is 53.4 Å². The SMILES string of the molecule is C=C(C)C1CCC2(C(=O)O)CCC3(C)C(CCC4C5(C)CCC(OC(=O)C6CC(NC(=O)OC(C)(C)C)C6(C)C)C(C)(C)C5CCC43C)C12. The minimum absolute atomic E-state index is 0.0959. The van der Waals surface area contributed by atoms with Crippen molar-refractivity contribution in [2.24, 2.45) is 68.0 Å². The fourth-order valence-corrected chi connectivity index (χ4v) is 13.9. The number of ether oxygens (including phenoxy) is 2. The first-order valence-electron chi connectivity index (χ1n) is 19.5. The average molecular weight is 682 g/mol. The monoisotopic (exact) mass is 681 g/mol. The molecule has 7 nitrogen and oxygen atoms in total. The highest BCUT2D eigenvalue weighted by Gasteiger charge is 2.72. The third kappa shape index (κ3) is 5.26. The van der Waals surface area contributed by atoms with Gasteiger partial charge in [-0.05, 0) is 150 Å². The Morgan fingerprint density at radius 2 is 1.47 bits per heavy atom. The number of carbonyl (C=O) groups excluding carboxylic acids is 2. The summed E-state index contributed by atoms with van der Waals surface area (Å²) in [7, 11) is 0. The summed E-state index contributed by atoms with van der Waals surface area (Å²) < 4.78 is 12.0. The summed E-state index contributed by atoms with van der Waals surface area (Å²) >= 11 is 0. The lowest BCUT2D eigenvalue weighted by Crippen LogP contribution is -2.67. The quantitative estimate of drug-likeness (QED) is 0.221. The van der Waals surface area contributed by atoms with E-state index in [0.29, 0.717) is 30.1 Å². The normalized spacial score (nSPS) is 46.4. The second-order valence-electron chi connectivity index (χ2n) is 20.7. The zero-order chi connectivity index (χ0) is 36.3. The predicted octanol–water partition coefficient (Wildman–Crippen LogP) is 9.58. The van der Waals surface area contributed by atoms with Crippen molar-refractivity contribution in [1.82, 2.24) is 5.32 Å². The van der Waals surface area contributed by atoms with Gasteiger partial charge in [-0.1, -0.05) is 60.6 Å². The van der Waals surface area contributed by atoms with E-state index in [1.54, 1.807) is 0 Å². The van der Waals surface area contributed by atoms with Crippen LogP contribution >= 0.6 is 0 Å². The van der Waals surface area contributed by atoms with Crippen LogP contribution in [0, 0.1) is 68.0 Å². The molecular formula is C42H67NO6. The molecule has 6 rings (SSSR count). The number of rotatable bonds is 5. The number of aliphatic carboxylic acids is 1. The number of nitrogens with one attached hydrogen (secondary N) is 1. The Morgan fingerprint density at radius 1 is 0.796 bits per heavy atom.